The van der Waals surface area contributed by atoms with E-state index in [9.17, 15) is 0 Å². The Morgan fingerprint density at radius 1 is 0.800 bits per heavy atom. The summed E-state index contributed by atoms with van der Waals surface area (Å²) < 4.78 is 0. The van der Waals surface area contributed by atoms with Gasteiger partial charge in [0.1, 0.15) is 0 Å². The van der Waals surface area contributed by atoms with Gasteiger partial charge in [-0.15, -0.1) is 12.4 Å². The van der Waals surface area contributed by atoms with Gasteiger partial charge in [-0.1, -0.05) is 55.1 Å². The van der Waals surface area contributed by atoms with Crippen molar-refractivity contribution < 1.29 is 0 Å². The quantitative estimate of drug-likeness (QED) is 0.720. The highest BCUT2D eigenvalue weighted by Gasteiger charge is 1.85. The highest BCUT2D eigenvalue weighted by molar-refractivity contribution is 5.85. The molecule has 0 atom stereocenters. The molecule has 0 spiro atoms. The smallest absolute Gasteiger partial charge is 0.0859 e. The fourth-order valence-electron chi connectivity index (χ4n) is 1.13. The topological polar surface area (TPSA) is 52.0 Å². The summed E-state index contributed by atoms with van der Waals surface area (Å²) in [5.74, 6) is 0.167. The Hall–Kier alpha value is -1.67. The predicted octanol–water partition coefficient (Wildman–Crippen LogP) is 2.64. The number of nitrogens with two attached hydrogens (primary N) is 2. The van der Waals surface area contributed by atoms with Crippen molar-refractivity contribution in [3.05, 3.63) is 60.9 Å². The molecule has 0 saturated heterocycles. The summed E-state index contributed by atoms with van der Waals surface area (Å²) in [6.07, 6.45) is 0. The lowest BCUT2D eigenvalue weighted by atomic mass is 10.1. The first-order valence-corrected chi connectivity index (χ1v) is 4.34. The van der Waals surface area contributed by atoms with Gasteiger partial charge in [0, 0.05) is 0 Å². The number of benzene rings is 2. The van der Waals surface area contributed by atoms with Gasteiger partial charge in [-0.2, -0.15) is 0 Å². The summed E-state index contributed by atoms with van der Waals surface area (Å²) in [6.45, 7) is 3.11. The van der Waals surface area contributed by atoms with E-state index < -0.39 is 0 Å². The first-order chi connectivity index (χ1) is 6.70. The Morgan fingerprint density at radius 3 is 1.20 bits per heavy atom. The van der Waals surface area contributed by atoms with Crippen LogP contribution in [0.15, 0.2) is 60.9 Å². The van der Waals surface area contributed by atoms with Gasteiger partial charge >= 0.3 is 0 Å². The van der Waals surface area contributed by atoms with Crippen LogP contribution in [0.1, 0.15) is 0 Å². The molecule has 0 aliphatic rings. The van der Waals surface area contributed by atoms with Gasteiger partial charge in [0.2, 0.25) is 0 Å². The van der Waals surface area contributed by atoms with Crippen LogP contribution in [0.5, 0.6) is 0 Å². The predicted molar refractivity (Wildman–Crippen MR) is 68.7 cm³/mol. The Balaban J connectivity index is 0.000000346. The van der Waals surface area contributed by atoms with E-state index in [0.717, 1.165) is 0 Å². The normalized spacial score (nSPS) is 8.27. The number of hydrogen-bond acceptors (Lipinski definition) is 2. The fourth-order valence-corrected chi connectivity index (χ4v) is 1.13. The van der Waals surface area contributed by atoms with E-state index in [4.69, 9.17) is 11.5 Å². The van der Waals surface area contributed by atoms with Gasteiger partial charge in [-0.3, -0.25) is 0 Å². The summed E-state index contributed by atoms with van der Waals surface area (Å²) in [5, 5.41) is 2.62. The molecule has 0 saturated carbocycles. The molecule has 0 amide bonds. The number of rotatable bonds is 0. The minimum Gasteiger partial charge on any atom is -0.386 e. The van der Waals surface area contributed by atoms with Crippen molar-refractivity contribution in [2.45, 2.75) is 0 Å². The zero-order valence-electron chi connectivity index (χ0n) is 8.39. The summed E-state index contributed by atoms with van der Waals surface area (Å²) in [7, 11) is 0. The fraction of sp³-hybridized carbons (Fsp3) is 0. The van der Waals surface area contributed by atoms with E-state index >= 15 is 0 Å². The molecule has 2 nitrogen and oxygen atoms in total. The van der Waals surface area contributed by atoms with Crippen molar-refractivity contribution in [3.63, 3.8) is 0 Å². The molecule has 0 bridgehead atoms. The third-order valence-corrected chi connectivity index (χ3v) is 1.66. The Bertz CT molecular complexity index is 357. The molecule has 3 heteroatoms. The lowest BCUT2D eigenvalue weighted by molar-refractivity contribution is 1.27. The first-order valence-electron chi connectivity index (χ1n) is 4.34. The van der Waals surface area contributed by atoms with Crippen molar-refractivity contribution in [1.82, 2.24) is 0 Å². The van der Waals surface area contributed by atoms with Crippen LogP contribution >= 0.6 is 12.4 Å². The van der Waals surface area contributed by atoms with Gasteiger partial charge in [0.25, 0.3) is 0 Å². The molecule has 0 aliphatic carbocycles. The largest absolute Gasteiger partial charge is 0.386 e. The minimum absolute atomic E-state index is 0. The monoisotopic (exact) mass is 222 g/mol. The van der Waals surface area contributed by atoms with Crippen LogP contribution < -0.4 is 11.5 Å². The van der Waals surface area contributed by atoms with E-state index in [1.165, 1.54) is 10.8 Å². The molecule has 2 aromatic carbocycles. The van der Waals surface area contributed by atoms with Crippen molar-refractivity contribution >= 4 is 23.2 Å². The second kappa shape index (κ2) is 6.74. The van der Waals surface area contributed by atoms with E-state index in [-0.39, 0.29) is 18.2 Å². The maximum atomic E-state index is 4.69. The maximum Gasteiger partial charge on any atom is 0.0859 e. The van der Waals surface area contributed by atoms with Crippen LogP contribution in [0.4, 0.5) is 0 Å². The molecule has 0 heterocycles. The summed E-state index contributed by atoms with van der Waals surface area (Å²) in [4.78, 5) is 0. The third-order valence-electron chi connectivity index (χ3n) is 1.66. The van der Waals surface area contributed by atoms with Crippen LogP contribution in [-0.4, -0.2) is 0 Å². The molecular weight excluding hydrogens is 208 g/mol. The Kier molecular flexibility index (Phi) is 5.99. The van der Waals surface area contributed by atoms with Crippen LogP contribution in [0, 0.1) is 0 Å². The standard InChI is InChI=1S/C10H8.C2H6N2.ClH/c1-2-6-10-8-4-3-7-9(10)5-1;1-2(3)4;/h1-8H;1,3-4H2;1H. The van der Waals surface area contributed by atoms with E-state index in [1.54, 1.807) is 0 Å². The zero-order valence-corrected chi connectivity index (χ0v) is 9.21. The van der Waals surface area contributed by atoms with E-state index in [1.807, 2.05) is 0 Å². The summed E-state index contributed by atoms with van der Waals surface area (Å²) >= 11 is 0. The van der Waals surface area contributed by atoms with Gasteiger partial charge in [-0.05, 0) is 10.8 Å². The third kappa shape index (κ3) is 4.93. The van der Waals surface area contributed by atoms with Gasteiger partial charge in [-0.25, -0.2) is 0 Å². The molecule has 4 N–H and O–H groups in total. The second-order valence-corrected chi connectivity index (χ2v) is 2.92. The van der Waals surface area contributed by atoms with Gasteiger partial charge < -0.3 is 11.5 Å². The Labute approximate surface area is 96.0 Å². The van der Waals surface area contributed by atoms with Crippen LogP contribution in [0.3, 0.4) is 0 Å². The van der Waals surface area contributed by atoms with Gasteiger partial charge in [0.15, 0.2) is 0 Å². The zero-order chi connectivity index (χ0) is 10.4. The first kappa shape index (κ1) is 13.3. The summed E-state index contributed by atoms with van der Waals surface area (Å²) in [5.41, 5.74) is 9.39. The van der Waals surface area contributed by atoms with Crippen molar-refractivity contribution in [2.24, 2.45) is 11.5 Å². The highest BCUT2D eigenvalue weighted by Crippen LogP contribution is 2.11. The molecule has 0 unspecified atom stereocenters. The van der Waals surface area contributed by atoms with Crippen molar-refractivity contribution in [1.29, 1.82) is 0 Å². The van der Waals surface area contributed by atoms with Crippen molar-refractivity contribution in [3.8, 4) is 0 Å². The van der Waals surface area contributed by atoms with Crippen LogP contribution in [-0.2, 0) is 0 Å². The van der Waals surface area contributed by atoms with Crippen molar-refractivity contribution in [2.75, 3.05) is 0 Å². The molecule has 15 heavy (non-hydrogen) atoms. The average Bonchev–Trinajstić information content (AvgIpc) is 2.17. The molecule has 2 aromatic rings. The van der Waals surface area contributed by atoms with E-state index in [2.05, 4.69) is 55.1 Å². The molecule has 0 aromatic heterocycles. The lowest BCUT2D eigenvalue weighted by Gasteiger charge is -1.92. The number of hydrogen-bond donors (Lipinski definition) is 2. The van der Waals surface area contributed by atoms with Crippen LogP contribution in [0.25, 0.3) is 10.8 Å². The van der Waals surface area contributed by atoms with E-state index in [0.29, 0.717) is 0 Å². The summed E-state index contributed by atoms with van der Waals surface area (Å²) in [6, 6.07) is 16.7. The molecule has 0 aliphatic heterocycles. The highest BCUT2D eigenvalue weighted by atomic mass is 35.5. The number of halogens is 1. The van der Waals surface area contributed by atoms with Gasteiger partial charge in [0.05, 0.1) is 5.82 Å². The minimum atomic E-state index is 0. The molecule has 80 valence electrons. The second-order valence-electron chi connectivity index (χ2n) is 2.92. The molecule has 0 fully saturated rings. The molecular formula is C12H15ClN2. The average molecular weight is 223 g/mol. The maximum absolute atomic E-state index is 4.69. The number of fused-ring (bicyclic) bond motifs is 1. The SMILES string of the molecule is C=C(N)N.Cl.c1ccc2ccccc2c1. The van der Waals surface area contributed by atoms with Crippen LogP contribution in [0.2, 0.25) is 0 Å². The lowest BCUT2D eigenvalue weighted by Crippen LogP contribution is -2.04. The molecule has 0 radical (unpaired) electrons. The molecule has 2 rings (SSSR count). The Morgan fingerprint density at radius 2 is 1.00 bits per heavy atom.